The predicted molar refractivity (Wildman–Crippen MR) is 66.2 cm³/mol. The van der Waals surface area contributed by atoms with Gasteiger partial charge in [-0.3, -0.25) is 0 Å². The minimum Gasteiger partial charge on any atom is -0.478 e. The van der Waals surface area contributed by atoms with Gasteiger partial charge in [0.05, 0.1) is 10.0 Å². The zero-order valence-corrected chi connectivity index (χ0v) is 10.2. The maximum Gasteiger partial charge on any atom is 0.330 e. The van der Waals surface area contributed by atoms with Crippen molar-refractivity contribution in [2.75, 3.05) is 0 Å². The molecule has 0 amide bonds. The van der Waals surface area contributed by atoms with Crippen molar-refractivity contribution in [1.29, 1.82) is 0 Å². The van der Waals surface area contributed by atoms with E-state index in [4.69, 9.17) is 28.3 Å². The first kappa shape index (κ1) is 13.1. The van der Waals surface area contributed by atoms with Crippen LogP contribution in [-0.2, 0) is 11.2 Å². The van der Waals surface area contributed by atoms with Crippen LogP contribution in [-0.4, -0.2) is 11.1 Å². The Hall–Kier alpha value is -0.990. The summed E-state index contributed by atoms with van der Waals surface area (Å²) in [5.41, 5.74) is 1.28. The summed E-state index contributed by atoms with van der Waals surface area (Å²) < 4.78 is 0. The molecule has 2 nitrogen and oxygen atoms in total. The quantitative estimate of drug-likeness (QED) is 0.812. The van der Waals surface area contributed by atoms with Gasteiger partial charge in [0.25, 0.3) is 0 Å². The SMILES string of the molecule is C=C(CCCc1ccc(Cl)c(Cl)c1)C(=O)O. The zero-order valence-electron chi connectivity index (χ0n) is 8.67. The molecule has 86 valence electrons. The van der Waals surface area contributed by atoms with Crippen LogP contribution in [0.3, 0.4) is 0 Å². The molecular formula is C12H12Cl2O2. The predicted octanol–water partition coefficient (Wildman–Crippen LogP) is 3.96. The van der Waals surface area contributed by atoms with E-state index in [2.05, 4.69) is 6.58 Å². The van der Waals surface area contributed by atoms with Crippen LogP contribution in [0, 0.1) is 0 Å². The summed E-state index contributed by atoms with van der Waals surface area (Å²) in [7, 11) is 0. The van der Waals surface area contributed by atoms with Crippen molar-refractivity contribution < 1.29 is 9.90 Å². The van der Waals surface area contributed by atoms with Gasteiger partial charge in [0.15, 0.2) is 0 Å². The van der Waals surface area contributed by atoms with Crippen molar-refractivity contribution in [3.63, 3.8) is 0 Å². The van der Waals surface area contributed by atoms with Gasteiger partial charge in [-0.2, -0.15) is 0 Å². The standard InChI is InChI=1S/C12H12Cl2O2/c1-8(12(15)16)3-2-4-9-5-6-10(13)11(14)7-9/h5-7H,1-4H2,(H,15,16). The Morgan fingerprint density at radius 2 is 2.00 bits per heavy atom. The van der Waals surface area contributed by atoms with E-state index < -0.39 is 5.97 Å². The van der Waals surface area contributed by atoms with Crippen LogP contribution >= 0.6 is 23.2 Å². The van der Waals surface area contributed by atoms with Crippen molar-refractivity contribution >= 4 is 29.2 Å². The Balaban J connectivity index is 2.46. The molecule has 0 saturated heterocycles. The minimum atomic E-state index is -0.936. The van der Waals surface area contributed by atoms with Crippen LogP contribution in [0.5, 0.6) is 0 Å². The van der Waals surface area contributed by atoms with Crippen LogP contribution < -0.4 is 0 Å². The summed E-state index contributed by atoms with van der Waals surface area (Å²) in [6.45, 7) is 3.47. The Morgan fingerprint density at radius 3 is 2.56 bits per heavy atom. The highest BCUT2D eigenvalue weighted by Crippen LogP contribution is 2.23. The molecule has 0 spiro atoms. The average molecular weight is 259 g/mol. The third-order valence-electron chi connectivity index (χ3n) is 2.23. The first-order valence-electron chi connectivity index (χ1n) is 4.85. The normalized spacial score (nSPS) is 10.1. The van der Waals surface area contributed by atoms with E-state index in [0.29, 0.717) is 16.5 Å². The minimum absolute atomic E-state index is 0.236. The van der Waals surface area contributed by atoms with Crippen LogP contribution in [0.4, 0.5) is 0 Å². The fourth-order valence-corrected chi connectivity index (χ4v) is 1.63. The van der Waals surface area contributed by atoms with Gasteiger partial charge in [0.1, 0.15) is 0 Å². The van der Waals surface area contributed by atoms with Crippen molar-refractivity contribution in [3.8, 4) is 0 Å². The highest BCUT2D eigenvalue weighted by atomic mass is 35.5. The van der Waals surface area contributed by atoms with E-state index in [1.165, 1.54) is 0 Å². The molecule has 0 aromatic heterocycles. The highest BCUT2D eigenvalue weighted by molar-refractivity contribution is 6.42. The number of carboxylic acids is 1. The number of hydrogen-bond donors (Lipinski definition) is 1. The molecular weight excluding hydrogens is 247 g/mol. The number of halogens is 2. The lowest BCUT2D eigenvalue weighted by Gasteiger charge is -2.03. The van der Waals surface area contributed by atoms with E-state index in [9.17, 15) is 4.79 Å². The van der Waals surface area contributed by atoms with Gasteiger partial charge in [-0.1, -0.05) is 35.8 Å². The van der Waals surface area contributed by atoms with Crippen LogP contribution in [0.15, 0.2) is 30.4 Å². The summed E-state index contributed by atoms with van der Waals surface area (Å²) in [4.78, 5) is 10.5. The van der Waals surface area contributed by atoms with Gasteiger partial charge in [0.2, 0.25) is 0 Å². The molecule has 0 aliphatic heterocycles. The molecule has 1 aromatic rings. The third kappa shape index (κ3) is 3.87. The molecule has 4 heteroatoms. The topological polar surface area (TPSA) is 37.3 Å². The Labute approximate surface area is 104 Å². The van der Waals surface area contributed by atoms with E-state index in [-0.39, 0.29) is 5.57 Å². The van der Waals surface area contributed by atoms with Crippen molar-refractivity contribution in [3.05, 3.63) is 46.0 Å². The van der Waals surface area contributed by atoms with Crippen molar-refractivity contribution in [2.24, 2.45) is 0 Å². The summed E-state index contributed by atoms with van der Waals surface area (Å²) in [5, 5.41) is 9.67. The summed E-state index contributed by atoms with van der Waals surface area (Å²) in [6, 6.07) is 5.43. The molecule has 0 saturated carbocycles. The van der Waals surface area contributed by atoms with E-state index in [1.54, 1.807) is 12.1 Å². The molecule has 0 atom stereocenters. The first-order valence-corrected chi connectivity index (χ1v) is 5.61. The average Bonchev–Trinajstić information content (AvgIpc) is 2.23. The van der Waals surface area contributed by atoms with Crippen LogP contribution in [0.1, 0.15) is 18.4 Å². The highest BCUT2D eigenvalue weighted by Gasteiger charge is 2.04. The second kappa shape index (κ2) is 5.92. The second-order valence-corrected chi connectivity index (χ2v) is 4.33. The van der Waals surface area contributed by atoms with Gasteiger partial charge >= 0.3 is 5.97 Å². The van der Waals surface area contributed by atoms with Gasteiger partial charge in [-0.25, -0.2) is 4.79 Å². The first-order chi connectivity index (χ1) is 7.50. The number of carboxylic acid groups (broad SMARTS) is 1. The smallest absolute Gasteiger partial charge is 0.330 e. The fourth-order valence-electron chi connectivity index (χ4n) is 1.31. The molecule has 0 heterocycles. The number of benzene rings is 1. The summed E-state index contributed by atoms with van der Waals surface area (Å²) in [6.07, 6.45) is 1.99. The summed E-state index contributed by atoms with van der Waals surface area (Å²) in [5.74, 6) is -0.936. The number of aryl methyl sites for hydroxylation is 1. The van der Waals surface area contributed by atoms with Crippen LogP contribution in [0.2, 0.25) is 10.0 Å². The molecule has 0 aliphatic rings. The molecule has 16 heavy (non-hydrogen) atoms. The van der Waals surface area contributed by atoms with E-state index in [1.807, 2.05) is 6.07 Å². The Morgan fingerprint density at radius 1 is 1.31 bits per heavy atom. The Bertz CT molecular complexity index is 413. The lowest BCUT2D eigenvalue weighted by atomic mass is 10.1. The van der Waals surface area contributed by atoms with Gasteiger partial charge < -0.3 is 5.11 Å². The molecule has 0 aliphatic carbocycles. The van der Waals surface area contributed by atoms with Gasteiger partial charge in [-0.15, -0.1) is 0 Å². The molecule has 1 aromatic carbocycles. The maximum absolute atomic E-state index is 10.5. The van der Waals surface area contributed by atoms with Crippen LogP contribution in [0.25, 0.3) is 0 Å². The number of hydrogen-bond acceptors (Lipinski definition) is 1. The zero-order chi connectivity index (χ0) is 12.1. The number of aliphatic carboxylic acids is 1. The monoisotopic (exact) mass is 258 g/mol. The summed E-state index contributed by atoms with van der Waals surface area (Å²) >= 11 is 11.6. The van der Waals surface area contributed by atoms with Crippen molar-refractivity contribution in [2.45, 2.75) is 19.3 Å². The molecule has 0 bridgehead atoms. The largest absolute Gasteiger partial charge is 0.478 e. The number of carbonyl (C=O) groups is 1. The molecule has 0 fully saturated rings. The lowest BCUT2D eigenvalue weighted by molar-refractivity contribution is -0.132. The second-order valence-electron chi connectivity index (χ2n) is 3.51. The third-order valence-corrected chi connectivity index (χ3v) is 2.97. The molecule has 1 N–H and O–H groups in total. The van der Waals surface area contributed by atoms with Crippen molar-refractivity contribution in [1.82, 2.24) is 0 Å². The van der Waals surface area contributed by atoms with Gasteiger partial charge in [-0.05, 0) is 37.0 Å². The number of rotatable bonds is 5. The van der Waals surface area contributed by atoms with E-state index >= 15 is 0 Å². The maximum atomic E-state index is 10.5. The molecule has 0 radical (unpaired) electrons. The molecule has 1 rings (SSSR count). The molecule has 0 unspecified atom stereocenters. The van der Waals surface area contributed by atoms with E-state index in [0.717, 1.165) is 18.4 Å². The van der Waals surface area contributed by atoms with Gasteiger partial charge in [0, 0.05) is 5.57 Å². The lowest BCUT2D eigenvalue weighted by Crippen LogP contribution is -1.99. The fraction of sp³-hybridized carbons (Fsp3) is 0.250. The Kier molecular flexibility index (Phi) is 4.84.